The molecule has 0 aromatic carbocycles. The first-order valence-corrected chi connectivity index (χ1v) is 6.13. The van der Waals surface area contributed by atoms with E-state index in [1.54, 1.807) is 0 Å². The second-order valence-electron chi connectivity index (χ2n) is 5.40. The van der Waals surface area contributed by atoms with Crippen molar-refractivity contribution in [1.82, 2.24) is 5.32 Å². The molecule has 5 nitrogen and oxygen atoms in total. The summed E-state index contributed by atoms with van der Waals surface area (Å²) in [7, 11) is 0. The van der Waals surface area contributed by atoms with Gasteiger partial charge in [-0.2, -0.15) is 0 Å². The van der Waals surface area contributed by atoms with E-state index in [0.29, 0.717) is 32.5 Å². The molecule has 1 heterocycles. The fourth-order valence-corrected chi connectivity index (χ4v) is 2.61. The van der Waals surface area contributed by atoms with Crippen molar-refractivity contribution in [3.8, 4) is 0 Å². The third-order valence-electron chi connectivity index (χ3n) is 3.80. The standard InChI is InChI=1S/C12H19NO4/c1-12(4-5-17-7-12)13-10(14)8-2-3-9(6-8)11(15)16/h8-9H,2-7H2,1H3,(H,13,14)(H,15,16). The molecular weight excluding hydrogens is 222 g/mol. The SMILES string of the molecule is CC1(NC(=O)C2CCC(C(=O)O)C2)CCOC1. The predicted molar refractivity (Wildman–Crippen MR) is 60.5 cm³/mol. The van der Waals surface area contributed by atoms with Gasteiger partial charge in [-0.15, -0.1) is 0 Å². The molecule has 0 bridgehead atoms. The molecule has 0 radical (unpaired) electrons. The maximum atomic E-state index is 12.0. The van der Waals surface area contributed by atoms with Gasteiger partial charge in [0, 0.05) is 12.5 Å². The number of ether oxygens (including phenoxy) is 1. The molecule has 5 heteroatoms. The smallest absolute Gasteiger partial charge is 0.306 e. The normalized spacial score (nSPS) is 37.0. The number of carbonyl (C=O) groups is 2. The highest BCUT2D eigenvalue weighted by Crippen LogP contribution is 2.32. The van der Waals surface area contributed by atoms with Crippen molar-refractivity contribution in [2.75, 3.05) is 13.2 Å². The van der Waals surface area contributed by atoms with Crippen LogP contribution in [0.4, 0.5) is 0 Å². The first kappa shape index (κ1) is 12.4. The van der Waals surface area contributed by atoms with Crippen LogP contribution >= 0.6 is 0 Å². The Balaban J connectivity index is 1.87. The summed E-state index contributed by atoms with van der Waals surface area (Å²) < 4.78 is 5.27. The molecule has 2 rings (SSSR count). The topological polar surface area (TPSA) is 75.6 Å². The number of hydrogen-bond acceptors (Lipinski definition) is 3. The first-order chi connectivity index (χ1) is 8.00. The molecule has 17 heavy (non-hydrogen) atoms. The summed E-state index contributed by atoms with van der Waals surface area (Å²) in [6, 6.07) is 0. The van der Waals surface area contributed by atoms with E-state index in [1.807, 2.05) is 6.92 Å². The van der Waals surface area contributed by atoms with E-state index < -0.39 is 5.97 Å². The van der Waals surface area contributed by atoms with E-state index >= 15 is 0 Å². The Kier molecular flexibility index (Phi) is 3.38. The number of carboxylic acids is 1. The molecule has 0 aromatic heterocycles. The molecule has 2 aliphatic rings. The molecule has 0 spiro atoms. The fourth-order valence-electron chi connectivity index (χ4n) is 2.61. The van der Waals surface area contributed by atoms with Gasteiger partial charge in [-0.25, -0.2) is 0 Å². The van der Waals surface area contributed by atoms with Crippen molar-refractivity contribution in [1.29, 1.82) is 0 Å². The van der Waals surface area contributed by atoms with Crippen molar-refractivity contribution in [2.45, 2.75) is 38.1 Å². The summed E-state index contributed by atoms with van der Waals surface area (Å²) in [6.07, 6.45) is 2.59. The maximum absolute atomic E-state index is 12.0. The lowest BCUT2D eigenvalue weighted by molar-refractivity contribution is -0.141. The van der Waals surface area contributed by atoms with E-state index in [9.17, 15) is 9.59 Å². The van der Waals surface area contributed by atoms with Crippen molar-refractivity contribution < 1.29 is 19.4 Å². The lowest BCUT2D eigenvalue weighted by Gasteiger charge is -2.25. The molecule has 0 aromatic rings. The zero-order chi connectivity index (χ0) is 12.5. The highest BCUT2D eigenvalue weighted by Gasteiger charge is 2.38. The third-order valence-corrected chi connectivity index (χ3v) is 3.80. The average Bonchev–Trinajstić information content (AvgIpc) is 2.86. The summed E-state index contributed by atoms with van der Waals surface area (Å²) in [5, 5.41) is 11.9. The van der Waals surface area contributed by atoms with Gasteiger partial charge in [-0.1, -0.05) is 0 Å². The monoisotopic (exact) mass is 241 g/mol. The van der Waals surface area contributed by atoms with Crippen molar-refractivity contribution in [2.24, 2.45) is 11.8 Å². The van der Waals surface area contributed by atoms with E-state index in [2.05, 4.69) is 5.32 Å². The van der Waals surface area contributed by atoms with Crippen molar-refractivity contribution in [3.63, 3.8) is 0 Å². The van der Waals surface area contributed by atoms with Crippen LogP contribution in [0.1, 0.15) is 32.6 Å². The van der Waals surface area contributed by atoms with Crippen LogP contribution in [0.5, 0.6) is 0 Å². The summed E-state index contributed by atoms with van der Waals surface area (Å²) in [6.45, 7) is 3.20. The lowest BCUT2D eigenvalue weighted by atomic mass is 9.98. The Morgan fingerprint density at radius 2 is 2.06 bits per heavy atom. The highest BCUT2D eigenvalue weighted by atomic mass is 16.5. The van der Waals surface area contributed by atoms with Gasteiger partial charge >= 0.3 is 5.97 Å². The Labute approximate surface area is 101 Å². The summed E-state index contributed by atoms with van der Waals surface area (Å²) in [5.41, 5.74) is -0.265. The molecule has 1 saturated heterocycles. The molecule has 1 amide bonds. The quantitative estimate of drug-likeness (QED) is 0.765. The van der Waals surface area contributed by atoms with Crippen LogP contribution in [0.3, 0.4) is 0 Å². The average molecular weight is 241 g/mol. The lowest BCUT2D eigenvalue weighted by Crippen LogP contribution is -2.48. The fraction of sp³-hybridized carbons (Fsp3) is 0.833. The molecule has 3 atom stereocenters. The van der Waals surface area contributed by atoms with Crippen LogP contribution in [0.2, 0.25) is 0 Å². The second kappa shape index (κ2) is 4.64. The van der Waals surface area contributed by atoms with Crippen LogP contribution in [-0.2, 0) is 14.3 Å². The largest absolute Gasteiger partial charge is 0.481 e. The van der Waals surface area contributed by atoms with Crippen LogP contribution in [0, 0.1) is 11.8 Å². The number of rotatable bonds is 3. The predicted octanol–water partition coefficient (Wildman–Crippen LogP) is 0.782. The molecule has 1 saturated carbocycles. The maximum Gasteiger partial charge on any atom is 0.306 e. The van der Waals surface area contributed by atoms with E-state index in [-0.39, 0.29) is 23.3 Å². The van der Waals surface area contributed by atoms with Gasteiger partial charge in [0.15, 0.2) is 0 Å². The number of hydrogen-bond donors (Lipinski definition) is 2. The van der Waals surface area contributed by atoms with Gasteiger partial charge in [0.05, 0.1) is 18.1 Å². The molecular formula is C12H19NO4. The van der Waals surface area contributed by atoms with Gasteiger partial charge in [0.1, 0.15) is 0 Å². The van der Waals surface area contributed by atoms with Crippen LogP contribution in [-0.4, -0.2) is 35.7 Å². The van der Waals surface area contributed by atoms with Crippen molar-refractivity contribution in [3.05, 3.63) is 0 Å². The number of carboxylic acid groups (broad SMARTS) is 1. The first-order valence-electron chi connectivity index (χ1n) is 6.13. The van der Waals surface area contributed by atoms with Crippen molar-refractivity contribution >= 4 is 11.9 Å². The Bertz CT molecular complexity index is 322. The van der Waals surface area contributed by atoms with Gasteiger partial charge in [0.25, 0.3) is 0 Å². The zero-order valence-electron chi connectivity index (χ0n) is 10.1. The Hall–Kier alpha value is -1.10. The van der Waals surface area contributed by atoms with Crippen LogP contribution < -0.4 is 5.32 Å². The zero-order valence-corrected chi connectivity index (χ0v) is 10.1. The second-order valence-corrected chi connectivity index (χ2v) is 5.40. The summed E-state index contributed by atoms with van der Waals surface area (Å²) in [5.74, 6) is -1.29. The minimum atomic E-state index is -0.782. The van der Waals surface area contributed by atoms with Crippen LogP contribution in [0.25, 0.3) is 0 Å². The number of nitrogens with one attached hydrogen (secondary N) is 1. The van der Waals surface area contributed by atoms with Gasteiger partial charge < -0.3 is 15.2 Å². The number of aliphatic carboxylic acids is 1. The minimum absolute atomic E-state index is 0.0123. The number of amides is 1. The molecule has 2 fully saturated rings. The minimum Gasteiger partial charge on any atom is -0.481 e. The van der Waals surface area contributed by atoms with E-state index in [4.69, 9.17) is 9.84 Å². The Morgan fingerprint density at radius 1 is 1.35 bits per heavy atom. The van der Waals surface area contributed by atoms with E-state index in [0.717, 1.165) is 6.42 Å². The van der Waals surface area contributed by atoms with Gasteiger partial charge in [-0.05, 0) is 32.6 Å². The number of carbonyl (C=O) groups excluding carboxylic acids is 1. The van der Waals surface area contributed by atoms with Gasteiger partial charge in [0.2, 0.25) is 5.91 Å². The highest BCUT2D eigenvalue weighted by molar-refractivity contribution is 5.81. The third kappa shape index (κ3) is 2.77. The van der Waals surface area contributed by atoms with Crippen LogP contribution in [0.15, 0.2) is 0 Å². The molecule has 1 aliphatic carbocycles. The molecule has 96 valence electrons. The molecule has 1 aliphatic heterocycles. The summed E-state index contributed by atoms with van der Waals surface area (Å²) >= 11 is 0. The molecule has 3 unspecified atom stereocenters. The van der Waals surface area contributed by atoms with Gasteiger partial charge in [-0.3, -0.25) is 9.59 Å². The molecule has 2 N–H and O–H groups in total. The van der Waals surface area contributed by atoms with E-state index in [1.165, 1.54) is 0 Å². The Morgan fingerprint density at radius 3 is 2.59 bits per heavy atom. The summed E-state index contributed by atoms with van der Waals surface area (Å²) in [4.78, 5) is 22.8.